The minimum absolute atomic E-state index is 0.401. The van der Waals surface area contributed by atoms with Crippen LogP contribution in [0.2, 0.25) is 0 Å². The Labute approximate surface area is 101 Å². The number of carbonyl (C=O) groups is 1. The van der Waals surface area contributed by atoms with Crippen LogP contribution in [0.4, 0.5) is 4.79 Å². The highest BCUT2D eigenvalue weighted by molar-refractivity contribution is 5.70. The maximum absolute atomic E-state index is 11.5. The molecular weight excluding hydrogens is 218 g/mol. The van der Waals surface area contributed by atoms with Crippen molar-refractivity contribution in [3.05, 3.63) is 30.3 Å². The third-order valence-electron chi connectivity index (χ3n) is 2.74. The lowest BCUT2D eigenvalue weighted by molar-refractivity contribution is 0.0551. The van der Waals surface area contributed by atoms with Crippen molar-refractivity contribution in [2.45, 2.75) is 12.8 Å². The number of para-hydroxylation sites is 1. The molecule has 17 heavy (non-hydrogen) atoms. The normalized spacial score (nSPS) is 19.6. The lowest BCUT2D eigenvalue weighted by Crippen LogP contribution is -2.34. The molecule has 0 aliphatic carbocycles. The first kappa shape index (κ1) is 11.9. The van der Waals surface area contributed by atoms with Crippen molar-refractivity contribution < 1.29 is 14.3 Å². The maximum Gasteiger partial charge on any atom is 0.412 e. The summed E-state index contributed by atoms with van der Waals surface area (Å²) < 4.78 is 10.5. The van der Waals surface area contributed by atoms with Gasteiger partial charge in [0.1, 0.15) is 5.75 Å². The van der Waals surface area contributed by atoms with E-state index >= 15 is 0 Å². The highest BCUT2D eigenvalue weighted by atomic mass is 16.6. The Balaban J connectivity index is 1.70. The second kappa shape index (κ2) is 6.25. The largest absolute Gasteiger partial charge is 0.412 e. The van der Waals surface area contributed by atoms with E-state index in [-0.39, 0.29) is 0 Å². The molecule has 0 radical (unpaired) electrons. The van der Waals surface area contributed by atoms with Gasteiger partial charge in [0.05, 0.1) is 6.61 Å². The third kappa shape index (κ3) is 4.07. The third-order valence-corrected chi connectivity index (χ3v) is 2.74. The summed E-state index contributed by atoms with van der Waals surface area (Å²) in [6, 6.07) is 9.05. The SMILES string of the molecule is O=C(NCC1CCCOC1)Oc1ccccc1. The lowest BCUT2D eigenvalue weighted by atomic mass is 10.0. The van der Waals surface area contributed by atoms with Gasteiger partial charge in [0.2, 0.25) is 0 Å². The molecule has 1 aromatic rings. The van der Waals surface area contributed by atoms with E-state index < -0.39 is 6.09 Å². The monoisotopic (exact) mass is 235 g/mol. The Kier molecular flexibility index (Phi) is 4.38. The van der Waals surface area contributed by atoms with Crippen LogP contribution in [0.25, 0.3) is 0 Å². The molecule has 92 valence electrons. The highest BCUT2D eigenvalue weighted by Gasteiger charge is 2.15. The van der Waals surface area contributed by atoms with Gasteiger partial charge in [-0.05, 0) is 30.9 Å². The first-order chi connectivity index (χ1) is 8.34. The second-order valence-electron chi connectivity index (χ2n) is 4.17. The van der Waals surface area contributed by atoms with Crippen LogP contribution in [0.5, 0.6) is 5.75 Å². The second-order valence-corrected chi connectivity index (χ2v) is 4.17. The fourth-order valence-corrected chi connectivity index (χ4v) is 1.83. The van der Waals surface area contributed by atoms with E-state index in [0.717, 1.165) is 26.1 Å². The van der Waals surface area contributed by atoms with Crippen molar-refractivity contribution in [1.82, 2.24) is 5.32 Å². The molecule has 0 spiro atoms. The van der Waals surface area contributed by atoms with Gasteiger partial charge in [0.25, 0.3) is 0 Å². The van der Waals surface area contributed by atoms with Gasteiger partial charge < -0.3 is 14.8 Å². The zero-order chi connectivity index (χ0) is 11.9. The molecule has 1 aromatic carbocycles. The van der Waals surface area contributed by atoms with Crippen LogP contribution in [0, 0.1) is 5.92 Å². The van der Waals surface area contributed by atoms with E-state index in [4.69, 9.17) is 9.47 Å². The Bertz CT molecular complexity index is 347. The van der Waals surface area contributed by atoms with E-state index in [1.54, 1.807) is 12.1 Å². The number of hydrogen-bond acceptors (Lipinski definition) is 3. The fraction of sp³-hybridized carbons (Fsp3) is 0.462. The van der Waals surface area contributed by atoms with Gasteiger partial charge in [-0.25, -0.2) is 4.79 Å². The molecule has 1 aliphatic heterocycles. The number of hydrogen-bond donors (Lipinski definition) is 1. The molecule has 1 aliphatic rings. The molecule has 1 saturated heterocycles. The van der Waals surface area contributed by atoms with Crippen LogP contribution in [-0.4, -0.2) is 25.9 Å². The van der Waals surface area contributed by atoms with Crippen molar-refractivity contribution in [3.8, 4) is 5.75 Å². The van der Waals surface area contributed by atoms with Crippen LogP contribution in [-0.2, 0) is 4.74 Å². The minimum atomic E-state index is -0.401. The van der Waals surface area contributed by atoms with Gasteiger partial charge in [-0.15, -0.1) is 0 Å². The summed E-state index contributed by atoms with van der Waals surface area (Å²) in [6.45, 7) is 2.18. The van der Waals surface area contributed by atoms with Gasteiger partial charge in [-0.1, -0.05) is 18.2 Å². The Hall–Kier alpha value is -1.55. The van der Waals surface area contributed by atoms with Gasteiger partial charge >= 0.3 is 6.09 Å². The van der Waals surface area contributed by atoms with Crippen LogP contribution in [0.1, 0.15) is 12.8 Å². The topological polar surface area (TPSA) is 47.6 Å². The van der Waals surface area contributed by atoms with Gasteiger partial charge in [-0.2, -0.15) is 0 Å². The molecule has 4 nitrogen and oxygen atoms in total. The van der Waals surface area contributed by atoms with Crippen molar-refractivity contribution in [3.63, 3.8) is 0 Å². The van der Waals surface area contributed by atoms with Gasteiger partial charge in [-0.3, -0.25) is 0 Å². The van der Waals surface area contributed by atoms with Crippen LogP contribution < -0.4 is 10.1 Å². The molecule has 0 saturated carbocycles. The predicted octanol–water partition coefficient (Wildman–Crippen LogP) is 2.20. The molecule has 2 rings (SSSR count). The number of rotatable bonds is 3. The summed E-state index contributed by atoms with van der Waals surface area (Å²) in [6.07, 6.45) is 1.77. The molecule has 1 amide bonds. The van der Waals surface area contributed by atoms with E-state index in [2.05, 4.69) is 5.32 Å². The summed E-state index contributed by atoms with van der Waals surface area (Å²) in [5.74, 6) is 0.969. The summed E-state index contributed by atoms with van der Waals surface area (Å²) in [5, 5.41) is 2.76. The van der Waals surface area contributed by atoms with E-state index in [9.17, 15) is 4.79 Å². The lowest BCUT2D eigenvalue weighted by Gasteiger charge is -2.21. The first-order valence-electron chi connectivity index (χ1n) is 5.93. The van der Waals surface area contributed by atoms with Crippen molar-refractivity contribution in [2.75, 3.05) is 19.8 Å². The van der Waals surface area contributed by atoms with Crippen molar-refractivity contribution in [2.24, 2.45) is 5.92 Å². The zero-order valence-corrected chi connectivity index (χ0v) is 9.72. The average Bonchev–Trinajstić information content (AvgIpc) is 2.39. The highest BCUT2D eigenvalue weighted by Crippen LogP contribution is 2.12. The van der Waals surface area contributed by atoms with Gasteiger partial charge in [0.15, 0.2) is 0 Å². The molecule has 0 aromatic heterocycles. The molecule has 1 unspecified atom stereocenters. The number of benzene rings is 1. The smallest absolute Gasteiger partial charge is 0.410 e. The summed E-state index contributed by atoms with van der Waals surface area (Å²) >= 11 is 0. The van der Waals surface area contributed by atoms with Gasteiger partial charge in [0, 0.05) is 13.2 Å². The zero-order valence-electron chi connectivity index (χ0n) is 9.72. The Morgan fingerprint density at radius 2 is 2.24 bits per heavy atom. The summed E-state index contributed by atoms with van der Waals surface area (Å²) in [5.41, 5.74) is 0. The first-order valence-corrected chi connectivity index (χ1v) is 5.93. The number of nitrogens with one attached hydrogen (secondary N) is 1. The molecular formula is C13H17NO3. The van der Waals surface area contributed by atoms with Crippen LogP contribution in [0.15, 0.2) is 30.3 Å². The van der Waals surface area contributed by atoms with Crippen molar-refractivity contribution >= 4 is 6.09 Å². The quantitative estimate of drug-likeness (QED) is 0.873. The van der Waals surface area contributed by atoms with Crippen LogP contribution >= 0.6 is 0 Å². The Morgan fingerprint density at radius 3 is 2.94 bits per heavy atom. The molecule has 1 atom stereocenters. The fourth-order valence-electron chi connectivity index (χ4n) is 1.83. The maximum atomic E-state index is 11.5. The molecule has 1 heterocycles. The van der Waals surface area contributed by atoms with Crippen molar-refractivity contribution in [1.29, 1.82) is 0 Å². The minimum Gasteiger partial charge on any atom is -0.410 e. The van der Waals surface area contributed by atoms with E-state index in [0.29, 0.717) is 18.2 Å². The van der Waals surface area contributed by atoms with Crippen LogP contribution in [0.3, 0.4) is 0 Å². The summed E-state index contributed by atoms with van der Waals surface area (Å²) in [7, 11) is 0. The average molecular weight is 235 g/mol. The predicted molar refractivity (Wildman–Crippen MR) is 64.0 cm³/mol. The standard InChI is InChI=1S/C13H17NO3/c15-13(17-12-6-2-1-3-7-12)14-9-11-5-4-8-16-10-11/h1-3,6-7,11H,4-5,8-10H2,(H,14,15). The number of carbonyl (C=O) groups excluding carboxylic acids is 1. The number of amides is 1. The number of ether oxygens (including phenoxy) is 2. The van der Waals surface area contributed by atoms with E-state index in [1.807, 2.05) is 18.2 Å². The van der Waals surface area contributed by atoms with E-state index in [1.165, 1.54) is 0 Å². The molecule has 0 bridgehead atoms. The molecule has 4 heteroatoms. The molecule has 1 N–H and O–H groups in total. The molecule has 1 fully saturated rings. The Morgan fingerprint density at radius 1 is 1.41 bits per heavy atom. The summed E-state index contributed by atoms with van der Waals surface area (Å²) in [4.78, 5) is 11.5.